The van der Waals surface area contributed by atoms with Crippen LogP contribution in [0.1, 0.15) is 19.4 Å². The highest BCUT2D eigenvalue weighted by molar-refractivity contribution is 5.55. The fraction of sp³-hybridized carbons (Fsp3) is 0.600. The molecule has 0 amide bonds. The Kier molecular flexibility index (Phi) is 4.61. The fourth-order valence-corrected chi connectivity index (χ4v) is 2.57. The Hall–Kier alpha value is -1.06. The molecule has 1 fully saturated rings. The Labute approximate surface area is 110 Å². The van der Waals surface area contributed by atoms with Crippen molar-refractivity contribution in [1.82, 2.24) is 5.32 Å². The number of methoxy groups -OCH3 is 1. The maximum Gasteiger partial charge on any atom is 0.0503 e. The molecule has 100 valence electrons. The smallest absolute Gasteiger partial charge is 0.0503 e. The number of nitrogens with zero attached hydrogens (tertiary/aromatic N) is 1. The Bertz CT molecular complexity index is 381. The van der Waals surface area contributed by atoms with Crippen molar-refractivity contribution in [2.75, 3.05) is 31.7 Å². The molecule has 0 aromatic heterocycles. The van der Waals surface area contributed by atoms with E-state index in [1.807, 2.05) is 0 Å². The van der Waals surface area contributed by atoms with E-state index in [1.165, 1.54) is 11.3 Å². The van der Waals surface area contributed by atoms with Gasteiger partial charge < -0.3 is 15.0 Å². The van der Waals surface area contributed by atoms with Crippen LogP contribution in [0.15, 0.2) is 24.3 Å². The van der Waals surface area contributed by atoms with Gasteiger partial charge in [-0.2, -0.15) is 0 Å². The summed E-state index contributed by atoms with van der Waals surface area (Å²) in [5.41, 5.74) is 2.76. The predicted molar refractivity (Wildman–Crippen MR) is 76.3 cm³/mol. The first kappa shape index (κ1) is 13.4. The molecule has 2 atom stereocenters. The third-order valence-electron chi connectivity index (χ3n) is 3.64. The minimum Gasteiger partial charge on any atom is -0.384 e. The van der Waals surface area contributed by atoms with Crippen LogP contribution < -0.4 is 10.2 Å². The van der Waals surface area contributed by atoms with Crippen LogP contribution in [0.2, 0.25) is 0 Å². The van der Waals surface area contributed by atoms with Crippen molar-refractivity contribution in [3.8, 4) is 0 Å². The van der Waals surface area contributed by atoms with Crippen LogP contribution in [0.25, 0.3) is 0 Å². The minimum absolute atomic E-state index is 0.546. The molecule has 1 aromatic rings. The molecule has 1 aliphatic heterocycles. The summed E-state index contributed by atoms with van der Waals surface area (Å²) < 4.78 is 5.21. The van der Waals surface area contributed by atoms with Gasteiger partial charge in [0.05, 0.1) is 6.61 Å². The van der Waals surface area contributed by atoms with E-state index in [0.29, 0.717) is 12.1 Å². The first-order valence-corrected chi connectivity index (χ1v) is 6.79. The normalized spacial score (nSPS) is 24.3. The van der Waals surface area contributed by atoms with Crippen molar-refractivity contribution in [2.45, 2.75) is 32.4 Å². The molecule has 3 heteroatoms. The van der Waals surface area contributed by atoms with Gasteiger partial charge in [-0.15, -0.1) is 0 Å². The molecule has 1 heterocycles. The van der Waals surface area contributed by atoms with Gasteiger partial charge in [0, 0.05) is 38.0 Å². The fourth-order valence-electron chi connectivity index (χ4n) is 2.57. The van der Waals surface area contributed by atoms with E-state index in [0.717, 1.165) is 26.1 Å². The molecule has 18 heavy (non-hydrogen) atoms. The summed E-state index contributed by atoms with van der Waals surface area (Å²) in [5, 5.41) is 3.53. The number of ether oxygens (including phenoxy) is 1. The molecule has 1 saturated heterocycles. The summed E-state index contributed by atoms with van der Waals surface area (Å²) in [6.07, 6.45) is 0.984. The Morgan fingerprint density at radius 1 is 1.33 bits per heavy atom. The molecular formula is C15H24N2O. The van der Waals surface area contributed by atoms with E-state index in [9.17, 15) is 0 Å². The van der Waals surface area contributed by atoms with Crippen LogP contribution in [0, 0.1) is 0 Å². The van der Waals surface area contributed by atoms with Crippen LogP contribution in [0.4, 0.5) is 5.69 Å². The number of nitrogens with one attached hydrogen (secondary N) is 1. The van der Waals surface area contributed by atoms with Gasteiger partial charge in [0.1, 0.15) is 0 Å². The van der Waals surface area contributed by atoms with Crippen molar-refractivity contribution in [3.63, 3.8) is 0 Å². The molecule has 0 aliphatic carbocycles. The number of hydrogen-bond acceptors (Lipinski definition) is 3. The molecule has 0 spiro atoms. The number of rotatable bonds is 4. The lowest BCUT2D eigenvalue weighted by atomic mass is 10.0. The standard InChI is InChI=1S/C15H24N2O/c1-12-11-17(13(2)10-16-12)15-7-5-4-6-14(15)8-9-18-3/h4-7,12-13,16H,8-11H2,1-3H3. The maximum absolute atomic E-state index is 5.21. The molecule has 1 aromatic carbocycles. The average Bonchev–Trinajstić information content (AvgIpc) is 2.39. The Morgan fingerprint density at radius 2 is 2.11 bits per heavy atom. The minimum atomic E-state index is 0.546. The molecule has 3 nitrogen and oxygen atoms in total. The highest BCUT2D eigenvalue weighted by Crippen LogP contribution is 2.24. The SMILES string of the molecule is COCCc1ccccc1N1CC(C)NCC1C. The van der Waals surface area contributed by atoms with Gasteiger partial charge in [0.2, 0.25) is 0 Å². The van der Waals surface area contributed by atoms with Crippen LogP contribution in [0.3, 0.4) is 0 Å². The van der Waals surface area contributed by atoms with Crippen molar-refractivity contribution >= 4 is 5.69 Å². The van der Waals surface area contributed by atoms with Crippen molar-refractivity contribution in [3.05, 3.63) is 29.8 Å². The largest absolute Gasteiger partial charge is 0.384 e. The lowest BCUT2D eigenvalue weighted by Gasteiger charge is -2.40. The summed E-state index contributed by atoms with van der Waals surface area (Å²) >= 11 is 0. The van der Waals surface area contributed by atoms with Crippen molar-refractivity contribution in [1.29, 1.82) is 0 Å². The lowest BCUT2D eigenvalue weighted by molar-refractivity contribution is 0.202. The van der Waals surface area contributed by atoms with Crippen molar-refractivity contribution in [2.24, 2.45) is 0 Å². The number of benzene rings is 1. The monoisotopic (exact) mass is 248 g/mol. The quantitative estimate of drug-likeness (QED) is 0.882. The third-order valence-corrected chi connectivity index (χ3v) is 3.64. The van der Waals surface area contributed by atoms with Gasteiger partial charge in [-0.05, 0) is 31.9 Å². The maximum atomic E-state index is 5.21. The van der Waals surface area contributed by atoms with Crippen LogP contribution in [0.5, 0.6) is 0 Å². The number of piperazine rings is 1. The molecular weight excluding hydrogens is 224 g/mol. The Balaban J connectivity index is 2.19. The highest BCUT2D eigenvalue weighted by Gasteiger charge is 2.23. The zero-order valence-electron chi connectivity index (χ0n) is 11.6. The van der Waals surface area contributed by atoms with Gasteiger partial charge >= 0.3 is 0 Å². The second kappa shape index (κ2) is 6.21. The third kappa shape index (κ3) is 3.03. The van der Waals surface area contributed by atoms with Crippen LogP contribution >= 0.6 is 0 Å². The van der Waals surface area contributed by atoms with Crippen molar-refractivity contribution < 1.29 is 4.74 Å². The molecule has 1 aliphatic rings. The molecule has 0 saturated carbocycles. The van der Waals surface area contributed by atoms with Gasteiger partial charge in [0.15, 0.2) is 0 Å². The second-order valence-electron chi connectivity index (χ2n) is 5.18. The summed E-state index contributed by atoms with van der Waals surface area (Å²) in [4.78, 5) is 2.52. The average molecular weight is 248 g/mol. The topological polar surface area (TPSA) is 24.5 Å². The summed E-state index contributed by atoms with van der Waals surface area (Å²) in [5.74, 6) is 0. The van der Waals surface area contributed by atoms with E-state index in [4.69, 9.17) is 4.74 Å². The van der Waals surface area contributed by atoms with Gasteiger partial charge in [0.25, 0.3) is 0 Å². The van der Waals surface area contributed by atoms with E-state index in [2.05, 4.69) is 48.3 Å². The lowest BCUT2D eigenvalue weighted by Crippen LogP contribution is -2.54. The number of anilines is 1. The highest BCUT2D eigenvalue weighted by atomic mass is 16.5. The molecule has 2 unspecified atom stereocenters. The van der Waals surface area contributed by atoms with E-state index in [-0.39, 0.29) is 0 Å². The molecule has 2 rings (SSSR count). The molecule has 0 bridgehead atoms. The Morgan fingerprint density at radius 3 is 2.89 bits per heavy atom. The zero-order chi connectivity index (χ0) is 13.0. The van der Waals surface area contributed by atoms with Gasteiger partial charge in [-0.1, -0.05) is 18.2 Å². The van der Waals surface area contributed by atoms with E-state index in [1.54, 1.807) is 7.11 Å². The zero-order valence-corrected chi connectivity index (χ0v) is 11.6. The van der Waals surface area contributed by atoms with Crippen LogP contribution in [-0.2, 0) is 11.2 Å². The first-order chi connectivity index (χ1) is 8.72. The predicted octanol–water partition coefficient (Wildman–Crippen LogP) is 2.06. The number of hydrogen-bond donors (Lipinski definition) is 1. The number of para-hydroxylation sites is 1. The summed E-state index contributed by atoms with van der Waals surface area (Å²) in [6.45, 7) is 7.45. The summed E-state index contributed by atoms with van der Waals surface area (Å²) in [6, 6.07) is 9.80. The van der Waals surface area contributed by atoms with Gasteiger partial charge in [-0.25, -0.2) is 0 Å². The van der Waals surface area contributed by atoms with Gasteiger partial charge in [-0.3, -0.25) is 0 Å². The van der Waals surface area contributed by atoms with E-state index >= 15 is 0 Å². The van der Waals surface area contributed by atoms with Crippen LogP contribution in [-0.4, -0.2) is 38.9 Å². The second-order valence-corrected chi connectivity index (χ2v) is 5.18. The molecule has 1 N–H and O–H groups in total. The first-order valence-electron chi connectivity index (χ1n) is 6.79. The molecule has 0 radical (unpaired) electrons. The van der Waals surface area contributed by atoms with E-state index < -0.39 is 0 Å². The summed E-state index contributed by atoms with van der Waals surface area (Å²) in [7, 11) is 1.76.